The quantitative estimate of drug-likeness (QED) is 0.144. The Morgan fingerprint density at radius 2 is 0.841 bits per heavy atom. The lowest BCUT2D eigenvalue weighted by molar-refractivity contribution is 0.669. The number of hydrogen-bond donors (Lipinski definition) is 0. The number of benzene rings is 14. The molecule has 19 rings (SSSR count). The van der Waals surface area contributed by atoms with Crippen LogP contribution in [0.2, 0.25) is 0 Å². The third-order valence-corrected chi connectivity index (χ3v) is 19.9. The second kappa shape index (κ2) is 18.9. The van der Waals surface area contributed by atoms with E-state index in [4.69, 9.17) is 8.83 Å². The van der Waals surface area contributed by atoms with Gasteiger partial charge in [0, 0.05) is 71.4 Å². The van der Waals surface area contributed by atoms with Crippen LogP contribution in [0.5, 0.6) is 0 Å². The zero-order chi connectivity index (χ0) is 57.6. The second-order valence-corrected chi connectivity index (χ2v) is 24.5. The maximum atomic E-state index is 6.89. The van der Waals surface area contributed by atoms with Gasteiger partial charge in [-0.15, -0.1) is 0 Å². The van der Waals surface area contributed by atoms with E-state index in [9.17, 15) is 0 Å². The molecule has 16 aromatic rings. The second-order valence-electron chi connectivity index (χ2n) is 23.5. The number of anilines is 6. The molecule has 5 heteroatoms. The van der Waals surface area contributed by atoms with Crippen molar-refractivity contribution < 1.29 is 8.83 Å². The molecule has 2 aromatic heterocycles. The molecule has 0 bridgehead atoms. The van der Waals surface area contributed by atoms with Crippen molar-refractivity contribution in [3.8, 4) is 55.6 Å². The van der Waals surface area contributed by atoms with Gasteiger partial charge in [-0.05, 0) is 168 Å². The van der Waals surface area contributed by atoms with Gasteiger partial charge in [0.15, 0.2) is 0 Å². The molecule has 88 heavy (non-hydrogen) atoms. The van der Waals surface area contributed by atoms with Gasteiger partial charge in [-0.3, -0.25) is 0 Å². The van der Waals surface area contributed by atoms with Gasteiger partial charge < -0.3 is 18.6 Å². The molecule has 3 aliphatic rings. The molecule has 0 saturated carbocycles. The number of hydrogen-bond acceptors (Lipinski definition) is 5. The Morgan fingerprint density at radius 1 is 0.273 bits per heavy atom. The Morgan fingerprint density at radius 3 is 1.66 bits per heavy atom. The average Bonchev–Trinajstić information content (AvgIpc) is 1.49. The summed E-state index contributed by atoms with van der Waals surface area (Å²) in [4.78, 5) is 7.34. The zero-order valence-electron chi connectivity index (χ0n) is 47.5. The van der Waals surface area contributed by atoms with E-state index in [1.165, 1.54) is 70.6 Å². The minimum atomic E-state index is -0.559. The smallest absolute Gasteiger partial charge is 0.143 e. The van der Waals surface area contributed by atoms with Crippen LogP contribution in [-0.4, -0.2) is 0 Å². The molecular weight excluding hydrogens is 1090 g/mol. The van der Waals surface area contributed by atoms with E-state index in [0.717, 1.165) is 106 Å². The minimum Gasteiger partial charge on any atom is -0.456 e. The third-order valence-electron chi connectivity index (χ3n) is 18.8. The summed E-state index contributed by atoms with van der Waals surface area (Å²) in [6, 6.07) is 111. The van der Waals surface area contributed by atoms with Crippen molar-refractivity contribution >= 4 is 101 Å². The van der Waals surface area contributed by atoms with Crippen LogP contribution in [0.3, 0.4) is 0 Å². The Balaban J connectivity index is 0.850. The summed E-state index contributed by atoms with van der Waals surface area (Å²) in [5.41, 5.74) is 26.4. The predicted octanol–water partition coefficient (Wildman–Crippen LogP) is 23.4. The lowest BCUT2D eigenvalue weighted by atomic mass is 9.70. The number of nitrogens with zero attached hydrogens (tertiary/aromatic N) is 2. The van der Waals surface area contributed by atoms with Gasteiger partial charge in [-0.2, -0.15) is 0 Å². The van der Waals surface area contributed by atoms with Crippen molar-refractivity contribution in [3.63, 3.8) is 0 Å². The van der Waals surface area contributed by atoms with Gasteiger partial charge in [0.25, 0.3) is 0 Å². The molecule has 1 aliphatic heterocycles. The highest BCUT2D eigenvalue weighted by Crippen LogP contribution is 2.70. The molecule has 1 spiro atoms. The van der Waals surface area contributed by atoms with Crippen LogP contribution >= 0.6 is 11.8 Å². The largest absolute Gasteiger partial charge is 0.456 e. The SMILES string of the molecule is c1ccc(-c2ccc(N(c3ccc4c(c3)Sc3cc(N(c5ccccc5)c5cc(-c6ccccc6)c6c(c5)oc5ccccc56)cc5c3C43c4ccccc4-c4cccc-5c43)c3cc(-c4ccc5ccccc5c4)c4oc5ccccc5c4c3)cc2)cc1. The lowest BCUT2D eigenvalue weighted by Crippen LogP contribution is -2.30. The van der Waals surface area contributed by atoms with Crippen LogP contribution in [0.15, 0.2) is 322 Å². The molecule has 1 unspecified atom stereocenters. The zero-order valence-corrected chi connectivity index (χ0v) is 48.3. The minimum absolute atomic E-state index is 0.559. The molecule has 0 N–H and O–H groups in total. The summed E-state index contributed by atoms with van der Waals surface area (Å²) >= 11 is 1.89. The highest BCUT2D eigenvalue weighted by molar-refractivity contribution is 7.99. The first-order valence-electron chi connectivity index (χ1n) is 30.1. The highest BCUT2D eigenvalue weighted by Gasteiger charge is 2.56. The van der Waals surface area contributed by atoms with Gasteiger partial charge in [-0.25, -0.2) is 0 Å². The van der Waals surface area contributed by atoms with Crippen molar-refractivity contribution in [1.29, 1.82) is 0 Å². The fourth-order valence-electron chi connectivity index (χ4n) is 15.1. The average molecular weight is 1140 g/mol. The predicted molar refractivity (Wildman–Crippen MR) is 365 cm³/mol. The van der Waals surface area contributed by atoms with Gasteiger partial charge in [0.1, 0.15) is 22.3 Å². The number of rotatable bonds is 9. The Labute approximate surface area is 512 Å². The van der Waals surface area contributed by atoms with Gasteiger partial charge in [-0.1, -0.05) is 224 Å². The van der Waals surface area contributed by atoms with Crippen molar-refractivity contribution in [1.82, 2.24) is 0 Å². The Kier molecular flexibility index (Phi) is 10.6. The molecule has 14 aromatic carbocycles. The first kappa shape index (κ1) is 49.2. The van der Waals surface area contributed by atoms with Crippen molar-refractivity contribution in [2.45, 2.75) is 15.2 Å². The van der Waals surface area contributed by atoms with Gasteiger partial charge in [0.05, 0.1) is 11.1 Å². The first-order valence-corrected chi connectivity index (χ1v) is 30.9. The van der Waals surface area contributed by atoms with Crippen LogP contribution in [0, 0.1) is 0 Å². The summed E-state index contributed by atoms with van der Waals surface area (Å²) in [6.07, 6.45) is 0. The van der Waals surface area contributed by atoms with Crippen LogP contribution in [0.25, 0.3) is 110 Å². The highest BCUT2D eigenvalue weighted by atomic mass is 32.2. The first-order chi connectivity index (χ1) is 43.6. The van der Waals surface area contributed by atoms with Crippen LogP contribution in [0.1, 0.15) is 22.3 Å². The Hall–Kier alpha value is -11.1. The maximum absolute atomic E-state index is 6.89. The van der Waals surface area contributed by atoms with Gasteiger partial charge in [0.2, 0.25) is 0 Å². The maximum Gasteiger partial charge on any atom is 0.143 e. The molecule has 410 valence electrons. The van der Waals surface area contributed by atoms with Crippen LogP contribution < -0.4 is 9.80 Å². The van der Waals surface area contributed by atoms with E-state index in [1.54, 1.807) is 0 Å². The molecule has 1 atom stereocenters. The topological polar surface area (TPSA) is 32.8 Å². The number of fused-ring (bicyclic) bond motifs is 11. The van der Waals surface area contributed by atoms with Crippen molar-refractivity contribution in [2.75, 3.05) is 9.80 Å². The van der Waals surface area contributed by atoms with Crippen molar-refractivity contribution in [3.05, 3.63) is 326 Å². The van der Waals surface area contributed by atoms with E-state index >= 15 is 0 Å². The molecule has 4 nitrogen and oxygen atoms in total. The van der Waals surface area contributed by atoms with Gasteiger partial charge >= 0.3 is 0 Å². The molecule has 0 amide bonds. The Bertz CT molecular complexity index is 5550. The molecule has 3 heterocycles. The summed E-state index contributed by atoms with van der Waals surface area (Å²) in [5, 5.41) is 6.75. The summed E-state index contributed by atoms with van der Waals surface area (Å²) in [7, 11) is 0. The van der Waals surface area contributed by atoms with E-state index in [1.807, 2.05) is 11.8 Å². The lowest BCUT2D eigenvalue weighted by Gasteiger charge is -2.38. The molecule has 0 radical (unpaired) electrons. The number of furan rings is 2. The summed E-state index contributed by atoms with van der Waals surface area (Å²) < 4.78 is 13.7. The molecular formula is C83H50N2O2S. The number of para-hydroxylation sites is 3. The van der Waals surface area contributed by atoms with E-state index in [0.29, 0.717) is 0 Å². The normalized spacial score (nSPS) is 14.1. The summed E-state index contributed by atoms with van der Waals surface area (Å²) in [5.74, 6) is 0. The van der Waals surface area contributed by atoms with Crippen molar-refractivity contribution in [2.24, 2.45) is 0 Å². The fourth-order valence-corrected chi connectivity index (χ4v) is 16.4. The van der Waals surface area contributed by atoms with Crippen LogP contribution in [0.4, 0.5) is 34.1 Å². The standard InChI is InChI=1S/C83H50N2O2S/c1-4-19-51(20-5-1)53-37-39-58(40-38-53)84(60-45-69(56-36-35-52-21-10-11-24-55(52)43-56)82-71(47-60)64-28-13-16-33-74(64)87-82)59-41-42-73-77(49-59)88-78-50-62(46-70-66-31-18-30-65-63-27-12-15-32-72(63)83(73,80(65)66)81(70)78)85(57-25-8-3-9-26-57)61-44-68(54-22-6-2-7-23-54)79-67-29-14-17-34-75(67)86-76(79)48-61/h1-50H. The summed E-state index contributed by atoms with van der Waals surface area (Å²) in [6.45, 7) is 0. The van der Waals surface area contributed by atoms with E-state index in [2.05, 4.69) is 313 Å². The van der Waals surface area contributed by atoms with E-state index < -0.39 is 5.41 Å². The van der Waals surface area contributed by atoms with Crippen LogP contribution in [-0.2, 0) is 5.41 Å². The molecule has 0 saturated heterocycles. The van der Waals surface area contributed by atoms with E-state index in [-0.39, 0.29) is 0 Å². The molecule has 0 fully saturated rings. The monoisotopic (exact) mass is 1140 g/mol. The third kappa shape index (κ3) is 7.16. The fraction of sp³-hybridized carbons (Fsp3) is 0.0120. The molecule has 2 aliphatic carbocycles.